The molecule has 0 spiro atoms. The fourth-order valence-electron chi connectivity index (χ4n) is 0.923. The molecule has 0 N–H and O–H groups in total. The molecule has 0 aromatic carbocycles. The highest BCUT2D eigenvalue weighted by molar-refractivity contribution is 6.17. The van der Waals surface area contributed by atoms with Crippen molar-refractivity contribution in [1.29, 1.82) is 0 Å². The van der Waals surface area contributed by atoms with E-state index in [1.165, 1.54) is 0 Å². The van der Waals surface area contributed by atoms with Gasteiger partial charge in [0.15, 0.2) is 5.78 Å². The van der Waals surface area contributed by atoms with Crippen LogP contribution in [0.5, 0.6) is 0 Å². The minimum Gasteiger partial charge on any atom is -0.456 e. The van der Waals surface area contributed by atoms with Crippen LogP contribution in [0.15, 0.2) is 12.2 Å². The predicted octanol–water partition coefficient (Wildman–Crippen LogP) is 2.50. The van der Waals surface area contributed by atoms with Gasteiger partial charge in [0.2, 0.25) is 0 Å². The highest BCUT2D eigenvalue weighted by Gasteiger charge is 2.25. The lowest BCUT2D eigenvalue weighted by Crippen LogP contribution is -2.28. The maximum absolute atomic E-state index is 11.6. The van der Waals surface area contributed by atoms with E-state index >= 15 is 0 Å². The van der Waals surface area contributed by atoms with E-state index in [4.69, 9.17) is 4.74 Å². The lowest BCUT2D eigenvalue weighted by molar-refractivity contribution is -0.151. The molecule has 0 fully saturated rings. The molecule has 3 nitrogen and oxygen atoms in total. The highest BCUT2D eigenvalue weighted by Crippen LogP contribution is 2.14. The first-order chi connectivity index (χ1) is 6.69. The van der Waals surface area contributed by atoms with Crippen LogP contribution in [0.3, 0.4) is 0 Å². The van der Waals surface area contributed by atoms with Crippen LogP contribution in [0.2, 0.25) is 0 Å². The highest BCUT2D eigenvalue weighted by atomic mass is 16.6. The van der Waals surface area contributed by atoms with E-state index in [0.29, 0.717) is 6.42 Å². The maximum atomic E-state index is 11.6. The topological polar surface area (TPSA) is 43.4 Å². The van der Waals surface area contributed by atoms with Crippen LogP contribution in [-0.4, -0.2) is 17.4 Å². The van der Waals surface area contributed by atoms with E-state index < -0.39 is 11.6 Å². The summed E-state index contributed by atoms with van der Waals surface area (Å²) in [6.07, 6.45) is 0.695. The molecule has 86 valence electrons. The Morgan fingerprint density at radius 1 is 1.33 bits per heavy atom. The summed E-state index contributed by atoms with van der Waals surface area (Å²) in [5.41, 5.74) is -0.644. The Balaban J connectivity index is 4.47. The fraction of sp³-hybridized carbons (Fsp3) is 0.667. The normalized spacial score (nSPS) is 13.1. The van der Waals surface area contributed by atoms with Crippen LogP contribution in [0.1, 0.15) is 41.0 Å². The second kappa shape index (κ2) is 5.10. The van der Waals surface area contributed by atoms with Crippen molar-refractivity contribution >= 4 is 11.8 Å². The molecule has 0 bridgehead atoms. The van der Waals surface area contributed by atoms with Crippen LogP contribution in [0, 0.1) is 5.92 Å². The van der Waals surface area contributed by atoms with Gasteiger partial charge >= 0.3 is 5.97 Å². The summed E-state index contributed by atoms with van der Waals surface area (Å²) in [4.78, 5) is 23.1. The average Bonchev–Trinajstić information content (AvgIpc) is 2.11. The standard InChI is InChI=1S/C12H20O3/c1-7-8(2)10(13)9(3)11(14)15-12(4,5)6/h8H,3,7H2,1-2,4-6H3. The third-order valence-electron chi connectivity index (χ3n) is 2.00. The van der Waals surface area contributed by atoms with Crippen LogP contribution in [0.25, 0.3) is 0 Å². The van der Waals surface area contributed by atoms with Gasteiger partial charge in [-0.05, 0) is 27.2 Å². The van der Waals surface area contributed by atoms with Gasteiger partial charge in [-0.15, -0.1) is 0 Å². The molecule has 1 unspecified atom stereocenters. The summed E-state index contributed by atoms with van der Waals surface area (Å²) in [5, 5.41) is 0. The Kier molecular flexibility index (Phi) is 4.72. The molecule has 3 heteroatoms. The minimum absolute atomic E-state index is 0.0562. The number of Topliss-reactive ketones (excluding diaryl/α,β-unsaturated/α-hetero) is 1. The monoisotopic (exact) mass is 212 g/mol. The predicted molar refractivity (Wildman–Crippen MR) is 59.4 cm³/mol. The van der Waals surface area contributed by atoms with E-state index in [0.717, 1.165) is 0 Å². The SMILES string of the molecule is C=C(C(=O)OC(C)(C)C)C(=O)C(C)CC. The Hall–Kier alpha value is -1.12. The van der Waals surface area contributed by atoms with E-state index in [-0.39, 0.29) is 17.3 Å². The van der Waals surface area contributed by atoms with Crippen molar-refractivity contribution in [3.63, 3.8) is 0 Å². The van der Waals surface area contributed by atoms with Crippen LogP contribution in [0.4, 0.5) is 0 Å². The van der Waals surface area contributed by atoms with Gasteiger partial charge in [0.25, 0.3) is 0 Å². The lowest BCUT2D eigenvalue weighted by atomic mass is 9.98. The Morgan fingerprint density at radius 2 is 1.80 bits per heavy atom. The fourth-order valence-corrected chi connectivity index (χ4v) is 0.923. The number of ketones is 1. The van der Waals surface area contributed by atoms with Gasteiger partial charge in [-0.1, -0.05) is 20.4 Å². The van der Waals surface area contributed by atoms with Crippen LogP contribution < -0.4 is 0 Å². The van der Waals surface area contributed by atoms with Gasteiger partial charge in [0.1, 0.15) is 5.60 Å². The Bertz CT molecular complexity index is 271. The molecular weight excluding hydrogens is 192 g/mol. The summed E-state index contributed by atoms with van der Waals surface area (Å²) in [5.74, 6) is -1.02. The molecule has 15 heavy (non-hydrogen) atoms. The summed E-state index contributed by atoms with van der Waals surface area (Å²) < 4.78 is 5.06. The molecule has 0 aliphatic carbocycles. The number of esters is 1. The van der Waals surface area contributed by atoms with E-state index in [9.17, 15) is 9.59 Å². The lowest BCUT2D eigenvalue weighted by Gasteiger charge is -2.20. The largest absolute Gasteiger partial charge is 0.456 e. The third-order valence-corrected chi connectivity index (χ3v) is 2.00. The molecule has 0 saturated heterocycles. The van der Waals surface area contributed by atoms with Crippen molar-refractivity contribution in [2.45, 2.75) is 46.6 Å². The molecule has 0 aliphatic heterocycles. The smallest absolute Gasteiger partial charge is 0.341 e. The quantitative estimate of drug-likeness (QED) is 0.311. The van der Waals surface area contributed by atoms with Crippen LogP contribution in [-0.2, 0) is 14.3 Å². The Morgan fingerprint density at radius 3 is 2.13 bits per heavy atom. The molecule has 0 rings (SSSR count). The zero-order chi connectivity index (χ0) is 12.2. The molecule has 0 saturated carbocycles. The van der Waals surface area contributed by atoms with Gasteiger partial charge in [-0.2, -0.15) is 0 Å². The number of rotatable bonds is 4. The first-order valence-electron chi connectivity index (χ1n) is 5.15. The number of carbonyl (C=O) groups excluding carboxylic acids is 2. The number of ether oxygens (including phenoxy) is 1. The van der Waals surface area contributed by atoms with Gasteiger partial charge in [-0.25, -0.2) is 4.79 Å². The minimum atomic E-state index is -0.618. The molecule has 0 aromatic heterocycles. The van der Waals surface area contributed by atoms with Crippen LogP contribution >= 0.6 is 0 Å². The first kappa shape index (κ1) is 13.9. The zero-order valence-electron chi connectivity index (χ0n) is 10.2. The first-order valence-corrected chi connectivity index (χ1v) is 5.15. The molecule has 0 amide bonds. The molecular formula is C12H20O3. The number of hydrogen-bond acceptors (Lipinski definition) is 3. The molecule has 0 aromatic rings. The maximum Gasteiger partial charge on any atom is 0.341 e. The van der Waals surface area contributed by atoms with E-state index in [1.54, 1.807) is 27.7 Å². The van der Waals surface area contributed by atoms with Crippen molar-refractivity contribution in [3.8, 4) is 0 Å². The number of hydrogen-bond donors (Lipinski definition) is 0. The van der Waals surface area contributed by atoms with Gasteiger partial charge in [0, 0.05) is 5.92 Å². The van der Waals surface area contributed by atoms with E-state index in [2.05, 4.69) is 6.58 Å². The van der Waals surface area contributed by atoms with Crippen molar-refractivity contribution in [1.82, 2.24) is 0 Å². The van der Waals surface area contributed by atoms with Gasteiger partial charge < -0.3 is 4.74 Å². The summed E-state index contributed by atoms with van der Waals surface area (Å²) in [7, 11) is 0. The van der Waals surface area contributed by atoms with Crippen molar-refractivity contribution in [2.75, 3.05) is 0 Å². The van der Waals surface area contributed by atoms with E-state index in [1.807, 2.05) is 6.92 Å². The molecule has 0 aliphatic rings. The van der Waals surface area contributed by atoms with Crippen molar-refractivity contribution in [2.24, 2.45) is 5.92 Å². The summed E-state index contributed by atoms with van der Waals surface area (Å²) in [6.45, 7) is 12.4. The van der Waals surface area contributed by atoms with Crippen molar-refractivity contribution < 1.29 is 14.3 Å². The average molecular weight is 212 g/mol. The number of carbonyl (C=O) groups is 2. The summed E-state index contributed by atoms with van der Waals surface area (Å²) >= 11 is 0. The van der Waals surface area contributed by atoms with Gasteiger partial charge in [0.05, 0.1) is 5.57 Å². The zero-order valence-corrected chi connectivity index (χ0v) is 10.2. The molecule has 1 atom stereocenters. The second-order valence-corrected chi connectivity index (χ2v) is 4.65. The Labute approximate surface area is 91.5 Å². The second-order valence-electron chi connectivity index (χ2n) is 4.65. The molecule has 0 heterocycles. The van der Waals surface area contributed by atoms with Crippen molar-refractivity contribution in [3.05, 3.63) is 12.2 Å². The molecule has 0 radical (unpaired) electrons. The summed E-state index contributed by atoms with van der Waals surface area (Å²) in [6, 6.07) is 0. The van der Waals surface area contributed by atoms with Gasteiger partial charge in [-0.3, -0.25) is 4.79 Å². The third kappa shape index (κ3) is 4.77.